The second-order valence-corrected chi connectivity index (χ2v) is 6.01. The number of carbonyl (C=O) groups is 1. The highest BCUT2D eigenvalue weighted by Crippen LogP contribution is 2.30. The van der Waals surface area contributed by atoms with E-state index in [0.29, 0.717) is 6.42 Å². The molecule has 1 atom stereocenters. The van der Waals surface area contributed by atoms with Crippen LogP contribution in [0, 0.1) is 5.92 Å². The maximum atomic E-state index is 11.0. The summed E-state index contributed by atoms with van der Waals surface area (Å²) < 4.78 is 0. The summed E-state index contributed by atoms with van der Waals surface area (Å²) in [4.78, 5) is 11.0. The molecule has 0 bridgehead atoms. The van der Waals surface area contributed by atoms with Crippen molar-refractivity contribution in [2.24, 2.45) is 5.92 Å². The van der Waals surface area contributed by atoms with Crippen LogP contribution in [0.4, 0.5) is 0 Å². The summed E-state index contributed by atoms with van der Waals surface area (Å²) in [6, 6.07) is 6.55. The Morgan fingerprint density at radius 2 is 2.00 bits per heavy atom. The molecule has 17 heavy (non-hydrogen) atoms. The molecule has 0 fully saturated rings. The molecule has 1 aliphatic rings. The molecule has 92 valence electrons. The molecule has 0 radical (unpaired) electrons. The van der Waals surface area contributed by atoms with E-state index in [1.165, 1.54) is 16.7 Å². The Labute approximate surface area is 103 Å². The molecule has 1 N–H and O–H groups in total. The molecule has 0 spiro atoms. The van der Waals surface area contributed by atoms with E-state index in [9.17, 15) is 4.79 Å². The van der Waals surface area contributed by atoms with Gasteiger partial charge in [0.25, 0.3) is 0 Å². The van der Waals surface area contributed by atoms with Crippen LogP contribution in [0.3, 0.4) is 0 Å². The fourth-order valence-corrected chi connectivity index (χ4v) is 2.43. The van der Waals surface area contributed by atoms with Crippen molar-refractivity contribution in [3.63, 3.8) is 0 Å². The second kappa shape index (κ2) is 4.17. The van der Waals surface area contributed by atoms with Gasteiger partial charge in [-0.25, -0.2) is 0 Å². The number of benzene rings is 1. The average molecular weight is 232 g/mol. The minimum Gasteiger partial charge on any atom is -0.481 e. The Hall–Kier alpha value is -1.31. The Morgan fingerprint density at radius 1 is 1.29 bits per heavy atom. The largest absolute Gasteiger partial charge is 0.481 e. The molecule has 2 nitrogen and oxygen atoms in total. The summed E-state index contributed by atoms with van der Waals surface area (Å²) >= 11 is 0. The van der Waals surface area contributed by atoms with Gasteiger partial charge in [-0.1, -0.05) is 39.0 Å². The lowest BCUT2D eigenvalue weighted by molar-refractivity contribution is -0.142. The third-order valence-electron chi connectivity index (χ3n) is 3.65. The first kappa shape index (κ1) is 12.2. The number of hydrogen-bond donors (Lipinski definition) is 1. The van der Waals surface area contributed by atoms with Crippen LogP contribution < -0.4 is 0 Å². The SMILES string of the molecule is CC(C)(C)c1ccc2c(c1)CC(C(=O)O)CC2. The van der Waals surface area contributed by atoms with Gasteiger partial charge in [0, 0.05) is 0 Å². The lowest BCUT2D eigenvalue weighted by Crippen LogP contribution is -2.23. The van der Waals surface area contributed by atoms with E-state index in [4.69, 9.17) is 5.11 Å². The molecule has 0 heterocycles. The van der Waals surface area contributed by atoms with Crippen molar-refractivity contribution in [2.45, 2.75) is 45.4 Å². The third-order valence-corrected chi connectivity index (χ3v) is 3.65. The number of aliphatic carboxylic acids is 1. The predicted molar refractivity (Wildman–Crippen MR) is 68.3 cm³/mol. The topological polar surface area (TPSA) is 37.3 Å². The maximum absolute atomic E-state index is 11.0. The first-order valence-corrected chi connectivity index (χ1v) is 6.23. The number of fused-ring (bicyclic) bond motifs is 1. The molecule has 1 unspecified atom stereocenters. The van der Waals surface area contributed by atoms with Crippen molar-refractivity contribution >= 4 is 5.97 Å². The molecule has 0 saturated carbocycles. The molecule has 0 saturated heterocycles. The van der Waals surface area contributed by atoms with Crippen LogP contribution in [0.1, 0.15) is 43.9 Å². The van der Waals surface area contributed by atoms with E-state index >= 15 is 0 Å². The number of carboxylic acids is 1. The summed E-state index contributed by atoms with van der Waals surface area (Å²) in [7, 11) is 0. The summed E-state index contributed by atoms with van der Waals surface area (Å²) in [6.45, 7) is 6.56. The zero-order valence-corrected chi connectivity index (χ0v) is 10.8. The number of aryl methyl sites for hydroxylation is 1. The highest BCUT2D eigenvalue weighted by molar-refractivity contribution is 5.71. The zero-order chi connectivity index (χ0) is 12.6. The molecule has 0 aromatic heterocycles. The predicted octanol–water partition coefficient (Wildman–Crippen LogP) is 3.17. The van der Waals surface area contributed by atoms with E-state index in [1.54, 1.807) is 0 Å². The van der Waals surface area contributed by atoms with Crippen LogP contribution in [-0.2, 0) is 23.1 Å². The lowest BCUT2D eigenvalue weighted by Gasteiger charge is -2.25. The van der Waals surface area contributed by atoms with Crippen molar-refractivity contribution in [3.8, 4) is 0 Å². The maximum Gasteiger partial charge on any atom is 0.306 e. The van der Waals surface area contributed by atoms with Crippen LogP contribution in [0.2, 0.25) is 0 Å². The highest BCUT2D eigenvalue weighted by atomic mass is 16.4. The van der Waals surface area contributed by atoms with Gasteiger partial charge in [0.2, 0.25) is 0 Å². The van der Waals surface area contributed by atoms with Gasteiger partial charge in [0.15, 0.2) is 0 Å². The molecular formula is C15H20O2. The van der Waals surface area contributed by atoms with Crippen molar-refractivity contribution in [1.29, 1.82) is 0 Å². The van der Waals surface area contributed by atoms with E-state index in [2.05, 4.69) is 39.0 Å². The summed E-state index contributed by atoms with van der Waals surface area (Å²) in [5, 5.41) is 9.09. The fraction of sp³-hybridized carbons (Fsp3) is 0.533. The zero-order valence-electron chi connectivity index (χ0n) is 10.8. The van der Waals surface area contributed by atoms with Crippen molar-refractivity contribution in [1.82, 2.24) is 0 Å². The van der Waals surface area contributed by atoms with Crippen molar-refractivity contribution in [2.75, 3.05) is 0 Å². The third kappa shape index (κ3) is 2.51. The van der Waals surface area contributed by atoms with Gasteiger partial charge in [-0.05, 0) is 41.4 Å². The van der Waals surface area contributed by atoms with Gasteiger partial charge in [-0.2, -0.15) is 0 Å². The molecule has 1 aromatic rings. The lowest BCUT2D eigenvalue weighted by atomic mass is 9.79. The average Bonchev–Trinajstić information content (AvgIpc) is 2.26. The van der Waals surface area contributed by atoms with Gasteiger partial charge >= 0.3 is 5.97 Å². The smallest absolute Gasteiger partial charge is 0.306 e. The fourth-order valence-electron chi connectivity index (χ4n) is 2.43. The van der Waals surface area contributed by atoms with Crippen LogP contribution in [0.25, 0.3) is 0 Å². The quantitative estimate of drug-likeness (QED) is 0.807. The normalized spacial score (nSPS) is 19.8. The molecule has 1 aliphatic carbocycles. The van der Waals surface area contributed by atoms with Crippen LogP contribution in [0.15, 0.2) is 18.2 Å². The van der Waals surface area contributed by atoms with Gasteiger partial charge < -0.3 is 5.11 Å². The monoisotopic (exact) mass is 232 g/mol. The van der Waals surface area contributed by atoms with Gasteiger partial charge in [0.1, 0.15) is 0 Å². The van der Waals surface area contributed by atoms with Crippen molar-refractivity contribution < 1.29 is 9.90 Å². The van der Waals surface area contributed by atoms with Gasteiger partial charge in [-0.3, -0.25) is 4.79 Å². The van der Waals surface area contributed by atoms with E-state index in [1.807, 2.05) is 0 Å². The molecule has 2 heteroatoms. The minimum atomic E-state index is -0.656. The van der Waals surface area contributed by atoms with Crippen LogP contribution >= 0.6 is 0 Å². The highest BCUT2D eigenvalue weighted by Gasteiger charge is 2.25. The second-order valence-electron chi connectivity index (χ2n) is 6.01. The standard InChI is InChI=1S/C15H20O2/c1-15(2,3)13-7-6-10-4-5-11(14(16)17)8-12(10)9-13/h6-7,9,11H,4-5,8H2,1-3H3,(H,16,17). The number of carboxylic acid groups (broad SMARTS) is 1. The van der Waals surface area contributed by atoms with Crippen molar-refractivity contribution in [3.05, 3.63) is 34.9 Å². The van der Waals surface area contributed by atoms with E-state index in [-0.39, 0.29) is 11.3 Å². The first-order valence-electron chi connectivity index (χ1n) is 6.23. The Morgan fingerprint density at radius 3 is 2.59 bits per heavy atom. The summed E-state index contributed by atoms with van der Waals surface area (Å²) in [5.74, 6) is -0.852. The van der Waals surface area contributed by atoms with Gasteiger partial charge in [0.05, 0.1) is 5.92 Å². The summed E-state index contributed by atoms with van der Waals surface area (Å²) in [5.41, 5.74) is 3.99. The molecule has 1 aromatic carbocycles. The summed E-state index contributed by atoms with van der Waals surface area (Å²) in [6.07, 6.45) is 2.36. The van der Waals surface area contributed by atoms with E-state index < -0.39 is 5.97 Å². The van der Waals surface area contributed by atoms with E-state index in [0.717, 1.165) is 12.8 Å². The number of rotatable bonds is 1. The molecular weight excluding hydrogens is 212 g/mol. The Bertz CT molecular complexity index is 441. The number of hydrogen-bond acceptors (Lipinski definition) is 1. The first-order chi connectivity index (χ1) is 7.88. The molecule has 2 rings (SSSR count). The molecule has 0 amide bonds. The Balaban J connectivity index is 2.32. The molecule has 0 aliphatic heterocycles. The minimum absolute atomic E-state index is 0.130. The van der Waals surface area contributed by atoms with Gasteiger partial charge in [-0.15, -0.1) is 0 Å². The Kier molecular flexibility index (Phi) is 2.98. The van der Waals surface area contributed by atoms with Crippen LogP contribution in [0.5, 0.6) is 0 Å². The van der Waals surface area contributed by atoms with Crippen LogP contribution in [-0.4, -0.2) is 11.1 Å².